The summed E-state index contributed by atoms with van der Waals surface area (Å²) in [5.74, 6) is -0.0444. The van der Waals surface area contributed by atoms with Crippen molar-refractivity contribution in [3.05, 3.63) is 52.6 Å². The van der Waals surface area contributed by atoms with E-state index in [4.69, 9.17) is 23.1 Å². The van der Waals surface area contributed by atoms with Crippen molar-refractivity contribution in [1.29, 1.82) is 0 Å². The second-order valence-corrected chi connectivity index (χ2v) is 16.6. The van der Waals surface area contributed by atoms with Gasteiger partial charge in [0.15, 0.2) is 14.1 Å². The summed E-state index contributed by atoms with van der Waals surface area (Å²) in [6.45, 7) is 13.3. The predicted octanol–water partition coefficient (Wildman–Crippen LogP) is 6.68. The maximum Gasteiger partial charge on any atom is 0.344 e. The van der Waals surface area contributed by atoms with E-state index in [1.54, 1.807) is 19.3 Å². The number of rotatable bonds is 7. The van der Waals surface area contributed by atoms with Crippen LogP contribution in [-0.4, -0.2) is 45.6 Å². The molecule has 0 N–H and O–H groups in total. The Labute approximate surface area is 216 Å². The van der Waals surface area contributed by atoms with E-state index in [1.807, 2.05) is 30.3 Å². The molecule has 4 atom stereocenters. The molecule has 7 heteroatoms. The quantitative estimate of drug-likeness (QED) is 0.384. The fraction of sp³-hybridized carbons (Fsp3) is 0.621. The summed E-state index contributed by atoms with van der Waals surface area (Å²) < 4.78 is 31.8. The third-order valence-corrected chi connectivity index (χ3v) is 12.6. The van der Waals surface area contributed by atoms with Crippen LogP contribution >= 0.6 is 0 Å². The lowest BCUT2D eigenvalue weighted by Gasteiger charge is -2.43. The van der Waals surface area contributed by atoms with Crippen LogP contribution in [0.15, 0.2) is 45.6 Å². The predicted molar refractivity (Wildman–Crippen MR) is 146 cm³/mol. The topological polar surface area (TPSA) is 67.1 Å². The number of fused-ring (bicyclic) bond motifs is 1. The summed E-state index contributed by atoms with van der Waals surface area (Å²) >= 11 is 0. The van der Waals surface area contributed by atoms with E-state index in [-0.39, 0.29) is 29.0 Å². The molecule has 1 aromatic carbocycles. The van der Waals surface area contributed by atoms with Gasteiger partial charge in [0, 0.05) is 20.0 Å². The number of benzene rings is 1. The molecule has 1 aliphatic carbocycles. The first-order valence-electron chi connectivity index (χ1n) is 13.2. The van der Waals surface area contributed by atoms with Crippen molar-refractivity contribution >= 4 is 25.2 Å². The zero-order valence-electron chi connectivity index (χ0n) is 22.8. The minimum atomic E-state index is -2.18. The van der Waals surface area contributed by atoms with Gasteiger partial charge in [-0.2, -0.15) is 0 Å². The Bertz CT molecular complexity index is 1120. The molecule has 2 aromatic rings. The lowest BCUT2D eigenvalue weighted by molar-refractivity contribution is -0.202. The van der Waals surface area contributed by atoms with Crippen LogP contribution in [0.2, 0.25) is 18.1 Å². The Morgan fingerprint density at radius 2 is 1.81 bits per heavy atom. The summed E-state index contributed by atoms with van der Waals surface area (Å²) in [5, 5.41) is 1.43. The molecular formula is C29H42O6Si. The molecule has 4 rings (SSSR count). The van der Waals surface area contributed by atoms with Crippen molar-refractivity contribution in [3.63, 3.8) is 0 Å². The van der Waals surface area contributed by atoms with Crippen LogP contribution in [-0.2, 0) is 18.6 Å². The average molecular weight is 515 g/mol. The Kier molecular flexibility index (Phi) is 7.98. The van der Waals surface area contributed by atoms with Gasteiger partial charge in [-0.1, -0.05) is 45.4 Å². The van der Waals surface area contributed by atoms with Gasteiger partial charge in [0.25, 0.3) is 0 Å². The van der Waals surface area contributed by atoms with Gasteiger partial charge in [0.1, 0.15) is 24.1 Å². The molecule has 0 amide bonds. The van der Waals surface area contributed by atoms with E-state index in [0.29, 0.717) is 11.1 Å². The molecule has 1 saturated carbocycles. The highest BCUT2D eigenvalue weighted by molar-refractivity contribution is 6.74. The second kappa shape index (κ2) is 10.5. The molecule has 0 unspecified atom stereocenters. The fourth-order valence-corrected chi connectivity index (χ4v) is 6.33. The fourth-order valence-electron chi connectivity index (χ4n) is 5.02. The minimum absolute atomic E-state index is 0.0175. The summed E-state index contributed by atoms with van der Waals surface area (Å²) in [6, 6.07) is 9.31. The zero-order valence-corrected chi connectivity index (χ0v) is 23.8. The third kappa shape index (κ3) is 5.70. The van der Waals surface area contributed by atoms with E-state index < -0.39 is 20.2 Å². The Morgan fingerprint density at radius 3 is 2.47 bits per heavy atom. The molecule has 2 fully saturated rings. The molecule has 198 valence electrons. The standard InChI is InChI=1S/C29H42O6Si/c1-20-25(34-29(33-20)17-11-8-12-18-29)26(35-36(6,7)28(2,3)4)24(31-5)16-15-22-19-21-13-9-10-14-23(21)27(30)32-22/h9-10,13-16,19-20,24-26H,8,11-12,17-18H2,1-7H3/b16-15+/t20-,24+,25+,26-/m1/s1. The van der Waals surface area contributed by atoms with Crippen LogP contribution in [0.3, 0.4) is 0 Å². The van der Waals surface area contributed by atoms with Gasteiger partial charge in [-0.25, -0.2) is 4.79 Å². The maximum absolute atomic E-state index is 12.5. The Balaban J connectivity index is 1.66. The van der Waals surface area contributed by atoms with Crippen LogP contribution < -0.4 is 5.63 Å². The lowest BCUT2D eigenvalue weighted by Crippen LogP contribution is -2.53. The molecule has 2 aliphatic rings. The first kappa shape index (κ1) is 27.3. The first-order valence-corrected chi connectivity index (χ1v) is 16.1. The van der Waals surface area contributed by atoms with E-state index in [9.17, 15) is 4.79 Å². The van der Waals surface area contributed by atoms with E-state index >= 15 is 0 Å². The molecule has 6 nitrogen and oxygen atoms in total. The van der Waals surface area contributed by atoms with Gasteiger partial charge in [-0.3, -0.25) is 0 Å². The Hall–Kier alpha value is -1.77. The van der Waals surface area contributed by atoms with Gasteiger partial charge < -0.3 is 23.1 Å². The molecule has 0 radical (unpaired) electrons. The van der Waals surface area contributed by atoms with Crippen molar-refractivity contribution < 1.29 is 23.1 Å². The summed E-state index contributed by atoms with van der Waals surface area (Å²) in [4.78, 5) is 12.5. The first-order chi connectivity index (χ1) is 16.9. The summed E-state index contributed by atoms with van der Waals surface area (Å²) in [6.07, 6.45) is 7.83. The normalized spacial score (nSPS) is 24.5. The van der Waals surface area contributed by atoms with Gasteiger partial charge in [0.05, 0.1) is 11.5 Å². The SMILES string of the molecule is CO[C@@H](/C=C/c1cc2ccccc2c(=O)o1)[C@@H](O[Si](C)(C)C(C)(C)C)[C@H]1OC2(CCCCC2)O[C@@H]1C. The monoisotopic (exact) mass is 514 g/mol. The van der Waals surface area contributed by atoms with Gasteiger partial charge in [-0.15, -0.1) is 0 Å². The maximum atomic E-state index is 12.5. The molecule has 1 aliphatic heterocycles. The van der Waals surface area contributed by atoms with Crippen molar-refractivity contribution in [2.24, 2.45) is 0 Å². The van der Waals surface area contributed by atoms with Crippen molar-refractivity contribution in [3.8, 4) is 0 Å². The minimum Gasteiger partial charge on any atom is -0.423 e. The molecule has 2 heterocycles. The van der Waals surface area contributed by atoms with Gasteiger partial charge in [0.2, 0.25) is 0 Å². The molecule has 1 spiro atoms. The van der Waals surface area contributed by atoms with Crippen molar-refractivity contribution in [2.45, 2.75) is 108 Å². The second-order valence-electron chi connectivity index (χ2n) is 11.8. The van der Waals surface area contributed by atoms with Gasteiger partial charge >= 0.3 is 5.63 Å². The van der Waals surface area contributed by atoms with Crippen molar-refractivity contribution in [1.82, 2.24) is 0 Å². The number of hydrogen-bond acceptors (Lipinski definition) is 6. The zero-order chi connectivity index (χ0) is 26.1. The summed E-state index contributed by atoms with van der Waals surface area (Å²) in [7, 11) is -0.497. The number of hydrogen-bond donors (Lipinski definition) is 0. The van der Waals surface area contributed by atoms with Crippen LogP contribution in [0.5, 0.6) is 0 Å². The number of methoxy groups -OCH3 is 1. The van der Waals surface area contributed by atoms with E-state index in [1.165, 1.54) is 6.42 Å². The molecule has 0 bridgehead atoms. The lowest BCUT2D eigenvalue weighted by atomic mass is 9.94. The Morgan fingerprint density at radius 1 is 1.11 bits per heavy atom. The van der Waals surface area contributed by atoms with Gasteiger partial charge in [-0.05, 0) is 67.6 Å². The van der Waals surface area contributed by atoms with E-state index in [2.05, 4.69) is 40.8 Å². The average Bonchev–Trinajstić information content (AvgIpc) is 3.13. The number of ether oxygens (including phenoxy) is 3. The third-order valence-electron chi connectivity index (χ3n) is 8.13. The molecule has 1 aromatic heterocycles. The molecule has 1 saturated heterocycles. The highest BCUT2D eigenvalue weighted by Gasteiger charge is 2.52. The van der Waals surface area contributed by atoms with Crippen molar-refractivity contribution in [2.75, 3.05) is 7.11 Å². The van der Waals surface area contributed by atoms with E-state index in [0.717, 1.165) is 31.1 Å². The highest BCUT2D eigenvalue weighted by Crippen LogP contribution is 2.44. The largest absolute Gasteiger partial charge is 0.423 e. The highest BCUT2D eigenvalue weighted by atomic mass is 28.4. The van der Waals surface area contributed by atoms with Crippen LogP contribution in [0.25, 0.3) is 16.8 Å². The van der Waals surface area contributed by atoms with Crippen LogP contribution in [0.1, 0.15) is 65.6 Å². The van der Waals surface area contributed by atoms with Crippen LogP contribution in [0.4, 0.5) is 0 Å². The van der Waals surface area contributed by atoms with Crippen LogP contribution in [0, 0.1) is 0 Å². The molecule has 36 heavy (non-hydrogen) atoms. The summed E-state index contributed by atoms with van der Waals surface area (Å²) in [5.41, 5.74) is -0.351. The molecular weight excluding hydrogens is 472 g/mol. The smallest absolute Gasteiger partial charge is 0.344 e.